The van der Waals surface area contributed by atoms with E-state index in [-0.39, 0.29) is 6.61 Å². The third kappa shape index (κ3) is 2.78. The Hall–Kier alpha value is -3.03. The lowest BCUT2D eigenvalue weighted by atomic mass is 9.99. The van der Waals surface area contributed by atoms with Crippen molar-refractivity contribution in [2.45, 2.75) is 13.5 Å². The van der Waals surface area contributed by atoms with Crippen molar-refractivity contribution in [3.05, 3.63) is 71.7 Å². The minimum atomic E-state index is 0.0300. The van der Waals surface area contributed by atoms with Crippen molar-refractivity contribution < 1.29 is 5.11 Å². The molecule has 0 saturated carbocycles. The summed E-state index contributed by atoms with van der Waals surface area (Å²) in [5.74, 6) is 0. The number of fused-ring (bicyclic) bond motifs is 1. The van der Waals surface area contributed by atoms with Gasteiger partial charge in [-0.2, -0.15) is 0 Å². The lowest BCUT2D eigenvalue weighted by molar-refractivity contribution is 0.342. The highest BCUT2D eigenvalue weighted by Gasteiger charge is 2.13. The van der Waals surface area contributed by atoms with E-state index in [1.165, 1.54) is 0 Å². The van der Waals surface area contributed by atoms with Crippen LogP contribution in [0.5, 0.6) is 0 Å². The van der Waals surface area contributed by atoms with Crippen LogP contribution in [-0.4, -0.2) is 16.3 Å². The number of anilines is 1. The quantitative estimate of drug-likeness (QED) is 0.428. The van der Waals surface area contributed by atoms with Crippen molar-refractivity contribution >= 4 is 22.3 Å². The molecule has 0 aliphatic heterocycles. The number of aromatic nitrogens is 1. The monoisotopic (exact) mass is 317 g/mol. The normalized spacial score (nSPS) is 11.2. The molecule has 0 atom stereocenters. The van der Waals surface area contributed by atoms with Gasteiger partial charge in [-0.3, -0.25) is 0 Å². The lowest BCUT2D eigenvalue weighted by Crippen LogP contribution is -1.93. The molecule has 120 valence electrons. The van der Waals surface area contributed by atoms with Gasteiger partial charge < -0.3 is 15.4 Å². The summed E-state index contributed by atoms with van der Waals surface area (Å²) in [6, 6.07) is 11.6. The molecule has 0 radical (unpaired) electrons. The average Bonchev–Trinajstić information content (AvgIpc) is 2.95. The molecule has 0 aliphatic carbocycles. The van der Waals surface area contributed by atoms with E-state index >= 15 is 0 Å². The van der Waals surface area contributed by atoms with E-state index in [2.05, 4.69) is 21.7 Å². The summed E-state index contributed by atoms with van der Waals surface area (Å²) < 4.78 is 2.12. The van der Waals surface area contributed by atoms with Gasteiger partial charge in [-0.1, -0.05) is 30.4 Å². The molecule has 3 rings (SSSR count). The van der Waals surface area contributed by atoms with Crippen LogP contribution in [0.15, 0.2) is 54.7 Å². The third-order valence-corrected chi connectivity index (χ3v) is 4.23. The molecule has 1 aromatic heterocycles. The van der Waals surface area contributed by atoms with Crippen LogP contribution in [0.25, 0.3) is 26.9 Å². The Morgan fingerprint density at radius 2 is 2.04 bits per heavy atom. The molecule has 0 saturated heterocycles. The second-order valence-electron chi connectivity index (χ2n) is 5.68. The Balaban J connectivity index is 2.24. The smallest absolute Gasteiger partial charge is 0.188 e. The molecule has 4 nitrogen and oxygen atoms in total. The average molecular weight is 317 g/mol. The second-order valence-corrected chi connectivity index (χ2v) is 5.68. The van der Waals surface area contributed by atoms with Gasteiger partial charge in [-0.25, -0.2) is 4.85 Å². The number of nitrogen functional groups attached to an aromatic ring is 1. The first-order valence-electron chi connectivity index (χ1n) is 7.77. The summed E-state index contributed by atoms with van der Waals surface area (Å²) in [4.78, 5) is 3.55. The number of allylic oxidation sites excluding steroid dienone is 1. The van der Waals surface area contributed by atoms with Gasteiger partial charge in [0.05, 0.1) is 13.2 Å². The highest BCUT2D eigenvalue weighted by Crippen LogP contribution is 2.36. The molecule has 0 spiro atoms. The standard InChI is InChI=1S/C20H19N3O/c1-14-16(6-5-7-19(14)21)18-13-23(10-3-4-11-24)20-9-8-15(22-2)12-17(18)20/h3-9,12-13,24H,10-11,21H2,1H3/b4-3+. The van der Waals surface area contributed by atoms with Gasteiger partial charge in [0.1, 0.15) is 0 Å². The molecule has 0 amide bonds. The molecule has 2 aromatic carbocycles. The minimum absolute atomic E-state index is 0.0300. The van der Waals surface area contributed by atoms with Gasteiger partial charge in [0.25, 0.3) is 0 Å². The van der Waals surface area contributed by atoms with E-state index in [0.717, 1.165) is 33.3 Å². The molecule has 0 aliphatic rings. The Labute approximate surface area is 141 Å². The summed E-state index contributed by atoms with van der Waals surface area (Å²) in [7, 11) is 0. The van der Waals surface area contributed by atoms with Crippen LogP contribution in [0.4, 0.5) is 11.4 Å². The van der Waals surface area contributed by atoms with Crippen LogP contribution in [0.1, 0.15) is 5.56 Å². The molecule has 1 heterocycles. The van der Waals surface area contributed by atoms with Gasteiger partial charge >= 0.3 is 0 Å². The molecule has 24 heavy (non-hydrogen) atoms. The summed E-state index contributed by atoms with van der Waals surface area (Å²) in [5.41, 5.74) is 11.7. The molecule has 0 fully saturated rings. The number of aliphatic hydroxyl groups is 1. The zero-order valence-corrected chi connectivity index (χ0v) is 13.5. The third-order valence-electron chi connectivity index (χ3n) is 4.23. The second kappa shape index (κ2) is 6.61. The highest BCUT2D eigenvalue weighted by molar-refractivity contribution is 5.99. The highest BCUT2D eigenvalue weighted by atomic mass is 16.2. The molecular formula is C20H19N3O. The number of hydrogen-bond acceptors (Lipinski definition) is 2. The Morgan fingerprint density at radius 1 is 1.21 bits per heavy atom. The molecule has 4 heteroatoms. The van der Waals surface area contributed by atoms with Gasteiger partial charge in [-0.05, 0) is 41.6 Å². The summed E-state index contributed by atoms with van der Waals surface area (Å²) >= 11 is 0. The molecule has 3 N–H and O–H groups in total. The summed E-state index contributed by atoms with van der Waals surface area (Å²) in [6.07, 6.45) is 5.74. The number of aliphatic hydroxyl groups excluding tert-OH is 1. The number of hydrogen-bond donors (Lipinski definition) is 2. The fourth-order valence-electron chi connectivity index (χ4n) is 2.93. The van der Waals surface area contributed by atoms with Crippen molar-refractivity contribution in [3.8, 4) is 11.1 Å². The van der Waals surface area contributed by atoms with Crippen molar-refractivity contribution in [2.24, 2.45) is 0 Å². The Kier molecular flexibility index (Phi) is 4.37. The maximum absolute atomic E-state index is 8.93. The minimum Gasteiger partial charge on any atom is -0.398 e. The summed E-state index contributed by atoms with van der Waals surface area (Å²) in [6.45, 7) is 9.98. The zero-order chi connectivity index (χ0) is 17.1. The fourth-order valence-corrected chi connectivity index (χ4v) is 2.93. The predicted octanol–water partition coefficient (Wildman–Crippen LogP) is 4.30. The van der Waals surface area contributed by atoms with E-state index in [4.69, 9.17) is 17.4 Å². The van der Waals surface area contributed by atoms with Crippen molar-refractivity contribution in [2.75, 3.05) is 12.3 Å². The molecule has 0 bridgehead atoms. The molecule has 3 aromatic rings. The van der Waals surface area contributed by atoms with Crippen LogP contribution in [0.2, 0.25) is 0 Å². The van der Waals surface area contributed by atoms with Crippen LogP contribution in [-0.2, 0) is 6.54 Å². The van der Waals surface area contributed by atoms with Gasteiger partial charge in [0.15, 0.2) is 5.69 Å². The SMILES string of the molecule is [C-]#[N+]c1ccc2c(c1)c(-c1cccc(N)c1C)cn2C/C=C/CO. The number of rotatable bonds is 4. The molecular weight excluding hydrogens is 298 g/mol. The maximum Gasteiger partial charge on any atom is 0.188 e. The van der Waals surface area contributed by atoms with E-state index < -0.39 is 0 Å². The van der Waals surface area contributed by atoms with Crippen LogP contribution in [0, 0.1) is 13.5 Å². The van der Waals surface area contributed by atoms with E-state index in [0.29, 0.717) is 12.2 Å². The Bertz CT molecular complexity index is 961. The Morgan fingerprint density at radius 3 is 2.79 bits per heavy atom. The zero-order valence-electron chi connectivity index (χ0n) is 13.5. The van der Waals surface area contributed by atoms with E-state index in [1.807, 2.05) is 43.3 Å². The van der Waals surface area contributed by atoms with Crippen LogP contribution in [0.3, 0.4) is 0 Å². The van der Waals surface area contributed by atoms with Gasteiger partial charge in [0, 0.05) is 29.5 Å². The van der Waals surface area contributed by atoms with Crippen molar-refractivity contribution in [1.82, 2.24) is 4.57 Å². The van der Waals surface area contributed by atoms with Gasteiger partial charge in [0.2, 0.25) is 0 Å². The topological polar surface area (TPSA) is 55.5 Å². The fraction of sp³-hybridized carbons (Fsp3) is 0.150. The number of nitrogens with zero attached hydrogens (tertiary/aromatic N) is 2. The molecule has 0 unspecified atom stereocenters. The van der Waals surface area contributed by atoms with E-state index in [1.54, 1.807) is 6.08 Å². The van der Waals surface area contributed by atoms with E-state index in [9.17, 15) is 0 Å². The van der Waals surface area contributed by atoms with Crippen LogP contribution < -0.4 is 5.73 Å². The summed E-state index contributed by atoms with van der Waals surface area (Å²) in [5, 5.41) is 9.97. The van der Waals surface area contributed by atoms with Crippen LogP contribution >= 0.6 is 0 Å². The number of benzene rings is 2. The maximum atomic E-state index is 8.93. The first-order valence-corrected chi connectivity index (χ1v) is 7.77. The first kappa shape index (κ1) is 15.9. The lowest BCUT2D eigenvalue weighted by Gasteiger charge is -2.07. The predicted molar refractivity (Wildman–Crippen MR) is 99.0 cm³/mol. The number of nitrogens with two attached hydrogens (primary N) is 1. The van der Waals surface area contributed by atoms with Gasteiger partial charge in [-0.15, -0.1) is 0 Å². The van der Waals surface area contributed by atoms with Crippen molar-refractivity contribution in [3.63, 3.8) is 0 Å². The van der Waals surface area contributed by atoms with Crippen molar-refractivity contribution in [1.29, 1.82) is 0 Å². The first-order chi connectivity index (χ1) is 11.7. The largest absolute Gasteiger partial charge is 0.398 e.